The van der Waals surface area contributed by atoms with Gasteiger partial charge in [0.05, 0.1) is 7.11 Å². The first kappa shape index (κ1) is 16.7. The summed E-state index contributed by atoms with van der Waals surface area (Å²) in [5.74, 6) is 1.57. The average Bonchev–Trinajstić information content (AvgIpc) is 2.54. The van der Waals surface area contributed by atoms with Gasteiger partial charge in [0.15, 0.2) is 11.5 Å². The number of rotatable bonds is 3. The number of carbonyl (C=O) groups excluding carboxylic acids is 1. The van der Waals surface area contributed by atoms with Gasteiger partial charge in [0.1, 0.15) is 13.2 Å². The molecule has 2 aliphatic heterocycles. The van der Waals surface area contributed by atoms with Crippen LogP contribution in [0.5, 0.6) is 17.2 Å². The van der Waals surface area contributed by atoms with Gasteiger partial charge in [0.25, 0.3) is 5.91 Å². The Kier molecular flexibility index (Phi) is 5.74. The lowest BCUT2D eigenvalue weighted by Crippen LogP contribution is -2.42. The van der Waals surface area contributed by atoms with Crippen molar-refractivity contribution in [2.45, 2.75) is 18.9 Å². The van der Waals surface area contributed by atoms with E-state index in [4.69, 9.17) is 14.2 Å². The predicted molar refractivity (Wildman–Crippen MR) is 84.6 cm³/mol. The number of nitrogens with one attached hydrogen (secondary N) is 2. The first-order valence-electron chi connectivity index (χ1n) is 7.27. The minimum absolute atomic E-state index is 0. The Morgan fingerprint density at radius 3 is 2.73 bits per heavy atom. The third-order valence-corrected chi connectivity index (χ3v) is 3.76. The minimum atomic E-state index is -0.0998. The van der Waals surface area contributed by atoms with Crippen molar-refractivity contribution < 1.29 is 19.0 Å². The van der Waals surface area contributed by atoms with Crippen molar-refractivity contribution in [3.63, 3.8) is 0 Å². The summed E-state index contributed by atoms with van der Waals surface area (Å²) in [5, 5.41) is 6.34. The Morgan fingerprint density at radius 1 is 1.27 bits per heavy atom. The van der Waals surface area contributed by atoms with Gasteiger partial charge in [0, 0.05) is 11.6 Å². The first-order chi connectivity index (χ1) is 10.3. The molecule has 7 heteroatoms. The van der Waals surface area contributed by atoms with Crippen molar-refractivity contribution in [3.05, 3.63) is 17.7 Å². The second-order valence-corrected chi connectivity index (χ2v) is 5.20. The molecule has 0 saturated carbocycles. The number of halogens is 1. The fourth-order valence-electron chi connectivity index (χ4n) is 2.64. The zero-order chi connectivity index (χ0) is 14.7. The van der Waals surface area contributed by atoms with Crippen molar-refractivity contribution in [3.8, 4) is 17.2 Å². The van der Waals surface area contributed by atoms with E-state index in [1.54, 1.807) is 19.2 Å². The standard InChI is InChI=1S/C15H20N2O4.ClH/c1-19-12-8-10(9-13-14(12)21-7-6-20-13)15(18)17-11-2-4-16-5-3-11;/h8-9,11,16H,2-7H2,1H3,(H,17,18);1H. The largest absolute Gasteiger partial charge is 0.493 e. The molecular weight excluding hydrogens is 308 g/mol. The van der Waals surface area contributed by atoms with E-state index in [0.29, 0.717) is 36.0 Å². The molecule has 1 fully saturated rings. The van der Waals surface area contributed by atoms with Crippen molar-refractivity contribution in [2.75, 3.05) is 33.4 Å². The normalized spacial score (nSPS) is 17.3. The summed E-state index contributed by atoms with van der Waals surface area (Å²) in [6.07, 6.45) is 1.90. The van der Waals surface area contributed by atoms with Gasteiger partial charge >= 0.3 is 0 Å². The molecule has 0 aliphatic carbocycles. The van der Waals surface area contributed by atoms with Gasteiger partial charge in [-0.05, 0) is 38.1 Å². The molecule has 0 spiro atoms. The lowest BCUT2D eigenvalue weighted by molar-refractivity contribution is 0.0927. The van der Waals surface area contributed by atoms with Gasteiger partial charge in [-0.1, -0.05) is 0 Å². The Bertz CT molecular complexity index is 515. The highest BCUT2D eigenvalue weighted by Gasteiger charge is 2.22. The summed E-state index contributed by atoms with van der Waals surface area (Å²) in [4.78, 5) is 12.4. The molecule has 0 radical (unpaired) electrons. The number of carbonyl (C=O) groups is 1. The predicted octanol–water partition coefficient (Wildman–Crippen LogP) is 1.37. The fourth-order valence-corrected chi connectivity index (χ4v) is 2.64. The molecule has 1 amide bonds. The number of hydrogen-bond acceptors (Lipinski definition) is 5. The van der Waals surface area contributed by atoms with Crippen molar-refractivity contribution in [1.29, 1.82) is 0 Å². The molecule has 1 saturated heterocycles. The lowest BCUT2D eigenvalue weighted by Gasteiger charge is -2.24. The van der Waals surface area contributed by atoms with Crippen LogP contribution in [0, 0.1) is 0 Å². The van der Waals surface area contributed by atoms with Gasteiger partial charge in [-0.2, -0.15) is 0 Å². The van der Waals surface area contributed by atoms with E-state index in [1.807, 2.05) is 0 Å². The third kappa shape index (κ3) is 3.56. The number of methoxy groups -OCH3 is 1. The maximum Gasteiger partial charge on any atom is 0.251 e. The van der Waals surface area contributed by atoms with Crippen LogP contribution in [0.3, 0.4) is 0 Å². The van der Waals surface area contributed by atoms with Crippen LogP contribution < -0.4 is 24.8 Å². The molecular formula is C15H21ClN2O4. The van der Waals surface area contributed by atoms with Crippen molar-refractivity contribution >= 4 is 18.3 Å². The molecule has 22 heavy (non-hydrogen) atoms. The van der Waals surface area contributed by atoms with E-state index in [2.05, 4.69) is 10.6 Å². The van der Waals surface area contributed by atoms with Gasteiger partial charge in [-0.15, -0.1) is 12.4 Å². The summed E-state index contributed by atoms with van der Waals surface area (Å²) >= 11 is 0. The maximum atomic E-state index is 12.4. The van der Waals surface area contributed by atoms with Gasteiger partial charge < -0.3 is 24.8 Å². The molecule has 0 bridgehead atoms. The second-order valence-electron chi connectivity index (χ2n) is 5.20. The zero-order valence-electron chi connectivity index (χ0n) is 12.5. The third-order valence-electron chi connectivity index (χ3n) is 3.76. The number of hydrogen-bond donors (Lipinski definition) is 2. The highest BCUT2D eigenvalue weighted by atomic mass is 35.5. The second kappa shape index (κ2) is 7.56. The quantitative estimate of drug-likeness (QED) is 0.877. The Hall–Kier alpha value is -1.66. The summed E-state index contributed by atoms with van der Waals surface area (Å²) < 4.78 is 16.4. The molecule has 0 unspecified atom stereocenters. The summed E-state index contributed by atoms with van der Waals surface area (Å²) in [5.41, 5.74) is 0.537. The monoisotopic (exact) mass is 328 g/mol. The number of piperidine rings is 1. The molecule has 1 aromatic rings. The van der Waals surface area contributed by atoms with Gasteiger partial charge in [0.2, 0.25) is 5.75 Å². The molecule has 2 N–H and O–H groups in total. The summed E-state index contributed by atoms with van der Waals surface area (Å²) in [6.45, 7) is 2.85. The Balaban J connectivity index is 0.00000176. The maximum absolute atomic E-state index is 12.4. The van der Waals surface area contributed by atoms with Crippen LogP contribution in [-0.4, -0.2) is 45.4 Å². The number of benzene rings is 1. The SMILES string of the molecule is COc1cc(C(=O)NC2CCNCC2)cc2c1OCCO2.Cl. The molecule has 2 aliphatic rings. The number of amides is 1. The lowest BCUT2D eigenvalue weighted by atomic mass is 10.1. The topological polar surface area (TPSA) is 68.8 Å². The van der Waals surface area contributed by atoms with Crippen LogP contribution in [0.2, 0.25) is 0 Å². The number of ether oxygens (including phenoxy) is 3. The van der Waals surface area contributed by atoms with Gasteiger partial charge in [-0.3, -0.25) is 4.79 Å². The van der Waals surface area contributed by atoms with Gasteiger partial charge in [-0.25, -0.2) is 0 Å². The van der Waals surface area contributed by atoms with Crippen molar-refractivity contribution in [1.82, 2.24) is 10.6 Å². The molecule has 122 valence electrons. The molecule has 6 nitrogen and oxygen atoms in total. The Labute approximate surface area is 135 Å². The molecule has 2 heterocycles. The van der Waals surface area contributed by atoms with Crippen LogP contribution >= 0.6 is 12.4 Å². The van der Waals surface area contributed by atoms with E-state index in [-0.39, 0.29) is 24.4 Å². The average molecular weight is 329 g/mol. The van der Waals surface area contributed by atoms with Crippen LogP contribution in [0.25, 0.3) is 0 Å². The highest BCUT2D eigenvalue weighted by Crippen LogP contribution is 2.40. The van der Waals surface area contributed by atoms with E-state index < -0.39 is 0 Å². The fraction of sp³-hybridized carbons (Fsp3) is 0.533. The molecule has 0 aromatic heterocycles. The van der Waals surface area contributed by atoms with E-state index in [0.717, 1.165) is 25.9 Å². The van der Waals surface area contributed by atoms with Crippen LogP contribution in [0.1, 0.15) is 23.2 Å². The molecule has 0 atom stereocenters. The van der Waals surface area contributed by atoms with Crippen LogP contribution in [-0.2, 0) is 0 Å². The van der Waals surface area contributed by atoms with E-state index in [9.17, 15) is 4.79 Å². The summed E-state index contributed by atoms with van der Waals surface area (Å²) in [7, 11) is 1.56. The smallest absolute Gasteiger partial charge is 0.251 e. The van der Waals surface area contributed by atoms with E-state index in [1.165, 1.54) is 0 Å². The van der Waals surface area contributed by atoms with E-state index >= 15 is 0 Å². The highest BCUT2D eigenvalue weighted by molar-refractivity contribution is 5.95. The van der Waals surface area contributed by atoms with Crippen LogP contribution in [0.4, 0.5) is 0 Å². The number of fused-ring (bicyclic) bond motifs is 1. The minimum Gasteiger partial charge on any atom is -0.493 e. The first-order valence-corrected chi connectivity index (χ1v) is 7.27. The molecule has 1 aromatic carbocycles. The zero-order valence-corrected chi connectivity index (χ0v) is 13.3. The summed E-state index contributed by atoms with van der Waals surface area (Å²) in [6, 6.07) is 3.63. The Morgan fingerprint density at radius 2 is 2.00 bits per heavy atom. The van der Waals surface area contributed by atoms with Crippen LogP contribution in [0.15, 0.2) is 12.1 Å². The van der Waals surface area contributed by atoms with Crippen molar-refractivity contribution in [2.24, 2.45) is 0 Å². The molecule has 3 rings (SSSR count).